The van der Waals surface area contributed by atoms with Crippen LogP contribution in [0.4, 0.5) is 5.82 Å². The summed E-state index contributed by atoms with van der Waals surface area (Å²) in [5.74, 6) is -0.871. The first-order valence-electron chi connectivity index (χ1n) is 5.23. The molecular formula is C10H13N3O5. The Labute approximate surface area is 101 Å². The van der Waals surface area contributed by atoms with E-state index in [2.05, 4.69) is 4.98 Å². The molecule has 0 spiro atoms. The largest absolute Gasteiger partial charge is 0.387 e. The minimum Gasteiger partial charge on any atom is -0.387 e. The van der Waals surface area contributed by atoms with Gasteiger partial charge in [-0.2, -0.15) is 4.98 Å². The van der Waals surface area contributed by atoms with Gasteiger partial charge in [0, 0.05) is 6.20 Å². The minimum absolute atomic E-state index is 0.0245. The van der Waals surface area contributed by atoms with Crippen LogP contribution in [-0.2, 0) is 4.79 Å². The van der Waals surface area contributed by atoms with E-state index < -0.39 is 35.3 Å². The quantitative estimate of drug-likeness (QED) is 0.432. The summed E-state index contributed by atoms with van der Waals surface area (Å²) in [6.45, 7) is 1.12. The maximum Gasteiger partial charge on any atom is 0.350 e. The summed E-state index contributed by atoms with van der Waals surface area (Å²) < 4.78 is 0.841. The van der Waals surface area contributed by atoms with E-state index in [9.17, 15) is 24.9 Å². The van der Waals surface area contributed by atoms with E-state index in [4.69, 9.17) is 5.73 Å². The van der Waals surface area contributed by atoms with Gasteiger partial charge in [-0.3, -0.25) is 9.36 Å². The van der Waals surface area contributed by atoms with Gasteiger partial charge in [0.2, 0.25) is 0 Å². The van der Waals surface area contributed by atoms with Crippen molar-refractivity contribution >= 4 is 11.6 Å². The molecule has 0 bridgehead atoms. The predicted octanol–water partition coefficient (Wildman–Crippen LogP) is -2.58. The lowest BCUT2D eigenvalue weighted by Crippen LogP contribution is -2.45. The lowest BCUT2D eigenvalue weighted by molar-refractivity contribution is -0.135. The Bertz CT molecular complexity index is 553. The van der Waals surface area contributed by atoms with Gasteiger partial charge in [0.05, 0.1) is 0 Å². The Hall–Kier alpha value is -1.77. The molecule has 1 aromatic heterocycles. The van der Waals surface area contributed by atoms with Crippen molar-refractivity contribution in [2.45, 2.75) is 30.8 Å². The first-order chi connectivity index (χ1) is 8.26. The molecule has 4 atom stereocenters. The zero-order chi connectivity index (χ0) is 13.7. The molecule has 2 rings (SSSR count). The number of Topliss-reactive ketones (excluding diaryl/α,β-unsaturated/α-hetero) is 1. The molecule has 0 radical (unpaired) electrons. The van der Waals surface area contributed by atoms with E-state index in [0.29, 0.717) is 0 Å². The van der Waals surface area contributed by atoms with Crippen molar-refractivity contribution < 1.29 is 20.1 Å². The Kier molecular flexibility index (Phi) is 2.73. The standard InChI is InChI=1S/C10H13N3O5/c1-10(18)7(15)5(6(14)8(10)16)13-3-2-4(11)12-9(13)17/h2-3,5,7-8,15-16,18H,1H3,(H2,11,12,17). The van der Waals surface area contributed by atoms with Crippen molar-refractivity contribution in [2.24, 2.45) is 0 Å². The van der Waals surface area contributed by atoms with Crippen molar-refractivity contribution in [2.75, 3.05) is 5.73 Å². The molecule has 4 unspecified atom stereocenters. The van der Waals surface area contributed by atoms with Gasteiger partial charge in [-0.25, -0.2) is 4.79 Å². The van der Waals surface area contributed by atoms with Gasteiger partial charge in [-0.15, -0.1) is 0 Å². The number of anilines is 1. The Balaban J connectivity index is 2.52. The smallest absolute Gasteiger partial charge is 0.350 e. The molecule has 98 valence electrons. The highest BCUT2D eigenvalue weighted by Gasteiger charge is 2.57. The third-order valence-electron chi connectivity index (χ3n) is 3.16. The molecule has 5 N–H and O–H groups in total. The molecule has 1 saturated carbocycles. The van der Waals surface area contributed by atoms with Crippen LogP contribution < -0.4 is 11.4 Å². The van der Waals surface area contributed by atoms with Crippen LogP contribution in [0.1, 0.15) is 13.0 Å². The van der Waals surface area contributed by atoms with Crippen LogP contribution in [0, 0.1) is 0 Å². The summed E-state index contributed by atoms with van der Waals surface area (Å²) in [7, 11) is 0. The van der Waals surface area contributed by atoms with Gasteiger partial charge in [0.15, 0.2) is 5.78 Å². The molecule has 1 aliphatic carbocycles. The maximum atomic E-state index is 11.8. The zero-order valence-electron chi connectivity index (χ0n) is 9.52. The number of nitrogens with zero attached hydrogens (tertiary/aromatic N) is 2. The predicted molar refractivity (Wildman–Crippen MR) is 59.6 cm³/mol. The van der Waals surface area contributed by atoms with E-state index >= 15 is 0 Å². The summed E-state index contributed by atoms with van der Waals surface area (Å²) in [5.41, 5.74) is 2.46. The minimum atomic E-state index is -2.01. The first-order valence-corrected chi connectivity index (χ1v) is 5.23. The fourth-order valence-electron chi connectivity index (χ4n) is 2.01. The van der Waals surface area contributed by atoms with E-state index in [1.54, 1.807) is 0 Å². The van der Waals surface area contributed by atoms with Gasteiger partial charge < -0.3 is 21.1 Å². The van der Waals surface area contributed by atoms with Crippen LogP contribution in [0.15, 0.2) is 17.1 Å². The van der Waals surface area contributed by atoms with Gasteiger partial charge >= 0.3 is 5.69 Å². The molecule has 1 aromatic rings. The zero-order valence-corrected chi connectivity index (χ0v) is 9.52. The summed E-state index contributed by atoms with van der Waals surface area (Å²) in [5, 5.41) is 29.2. The van der Waals surface area contributed by atoms with E-state index in [1.807, 2.05) is 0 Å². The summed E-state index contributed by atoms with van der Waals surface area (Å²) in [6, 6.07) is -0.100. The average Bonchev–Trinajstić information content (AvgIpc) is 2.43. The van der Waals surface area contributed by atoms with Gasteiger partial charge in [-0.05, 0) is 13.0 Å². The van der Waals surface area contributed by atoms with Crippen molar-refractivity contribution in [3.63, 3.8) is 0 Å². The maximum absolute atomic E-state index is 11.8. The monoisotopic (exact) mass is 255 g/mol. The van der Waals surface area contributed by atoms with Gasteiger partial charge in [0.25, 0.3) is 0 Å². The lowest BCUT2D eigenvalue weighted by atomic mass is 10.0. The number of hydrogen-bond acceptors (Lipinski definition) is 7. The number of aliphatic hydroxyl groups excluding tert-OH is 2. The van der Waals surface area contributed by atoms with Crippen molar-refractivity contribution in [3.05, 3.63) is 22.7 Å². The van der Waals surface area contributed by atoms with Crippen molar-refractivity contribution in [3.8, 4) is 0 Å². The number of nitrogens with two attached hydrogens (primary N) is 1. The van der Waals surface area contributed by atoms with Crippen LogP contribution in [0.2, 0.25) is 0 Å². The number of aromatic nitrogens is 2. The summed E-state index contributed by atoms with van der Waals surface area (Å²) in [4.78, 5) is 26.8. The van der Waals surface area contributed by atoms with Crippen LogP contribution in [0.5, 0.6) is 0 Å². The number of hydrogen-bond donors (Lipinski definition) is 4. The van der Waals surface area contributed by atoms with E-state index in [-0.39, 0.29) is 5.82 Å². The molecule has 0 saturated heterocycles. The second-order valence-corrected chi connectivity index (χ2v) is 4.46. The molecule has 1 aliphatic rings. The van der Waals surface area contributed by atoms with Crippen LogP contribution in [-0.4, -0.2) is 48.5 Å². The second-order valence-electron chi connectivity index (χ2n) is 4.46. The summed E-state index contributed by atoms with van der Waals surface area (Å²) in [6.07, 6.45) is -2.19. The van der Waals surface area contributed by atoms with Crippen molar-refractivity contribution in [1.29, 1.82) is 0 Å². The Morgan fingerprint density at radius 1 is 1.44 bits per heavy atom. The molecule has 0 aliphatic heterocycles. The van der Waals surface area contributed by atoms with E-state index in [0.717, 1.165) is 11.5 Å². The highest BCUT2D eigenvalue weighted by atomic mass is 16.4. The number of rotatable bonds is 1. The number of aliphatic hydroxyl groups is 3. The Morgan fingerprint density at radius 2 is 2.06 bits per heavy atom. The topological polar surface area (TPSA) is 139 Å². The van der Waals surface area contributed by atoms with Crippen LogP contribution in [0.3, 0.4) is 0 Å². The van der Waals surface area contributed by atoms with Gasteiger partial charge in [-0.1, -0.05) is 0 Å². The third kappa shape index (κ3) is 1.62. The fourth-order valence-corrected chi connectivity index (χ4v) is 2.01. The number of ketones is 1. The number of carbonyl (C=O) groups excluding carboxylic acids is 1. The first kappa shape index (κ1) is 12.7. The Morgan fingerprint density at radius 3 is 2.50 bits per heavy atom. The molecule has 8 nitrogen and oxygen atoms in total. The average molecular weight is 255 g/mol. The van der Waals surface area contributed by atoms with Gasteiger partial charge in [0.1, 0.15) is 29.7 Å². The SMILES string of the molecule is CC1(O)C(O)C(=O)C(n2ccc(N)nc2=O)C1O. The molecule has 1 fully saturated rings. The number of nitrogen functional groups attached to an aromatic ring is 1. The van der Waals surface area contributed by atoms with Crippen molar-refractivity contribution in [1.82, 2.24) is 9.55 Å². The highest BCUT2D eigenvalue weighted by Crippen LogP contribution is 2.34. The van der Waals surface area contributed by atoms with Crippen LogP contribution in [0.25, 0.3) is 0 Å². The molecule has 18 heavy (non-hydrogen) atoms. The summed E-state index contributed by atoms with van der Waals surface area (Å²) >= 11 is 0. The molecule has 0 aromatic carbocycles. The molecular weight excluding hydrogens is 242 g/mol. The second kappa shape index (κ2) is 3.87. The molecule has 8 heteroatoms. The molecule has 1 heterocycles. The van der Waals surface area contributed by atoms with Crippen LogP contribution >= 0.6 is 0 Å². The lowest BCUT2D eigenvalue weighted by Gasteiger charge is -2.25. The fraction of sp³-hybridized carbons (Fsp3) is 0.500. The number of carbonyl (C=O) groups is 1. The third-order valence-corrected chi connectivity index (χ3v) is 3.16. The van der Waals surface area contributed by atoms with E-state index in [1.165, 1.54) is 12.3 Å². The normalized spacial score (nSPS) is 36.0. The highest BCUT2D eigenvalue weighted by molar-refractivity contribution is 5.91. The molecule has 0 amide bonds.